The van der Waals surface area contributed by atoms with E-state index in [-0.39, 0.29) is 18.1 Å². The van der Waals surface area contributed by atoms with Crippen LogP contribution in [0.25, 0.3) is 0 Å². The summed E-state index contributed by atoms with van der Waals surface area (Å²) in [6.07, 6.45) is 0.236. The molecule has 0 spiro atoms. The van der Waals surface area contributed by atoms with Gasteiger partial charge in [-0.1, -0.05) is 0 Å². The first-order valence-electron chi connectivity index (χ1n) is 2.72. The van der Waals surface area contributed by atoms with E-state index < -0.39 is 11.8 Å². The Labute approximate surface area is 56.7 Å². The topological polar surface area (TPSA) is 86.9 Å². The lowest BCUT2D eigenvalue weighted by atomic mass is 10.4. The lowest BCUT2D eigenvalue weighted by Crippen LogP contribution is -2.48. The van der Waals surface area contributed by atoms with E-state index in [1.807, 2.05) is 0 Å². The first-order valence-corrected chi connectivity index (χ1v) is 2.72. The Morgan fingerprint density at radius 2 is 1.80 bits per heavy atom. The molecule has 1 aliphatic rings. The highest BCUT2D eigenvalue weighted by atomic mass is 16.6. The summed E-state index contributed by atoms with van der Waals surface area (Å²) in [5, 5.41) is 9.00. The van der Waals surface area contributed by atoms with Gasteiger partial charge in [0.15, 0.2) is 0 Å². The monoisotopic (exact) mass is 145 g/mol. The molecule has 0 aromatic heterocycles. The summed E-state index contributed by atoms with van der Waals surface area (Å²) in [4.78, 5) is 21.3. The molecule has 2 amide bonds. The van der Waals surface area contributed by atoms with Gasteiger partial charge in [-0.15, -0.1) is 0 Å². The van der Waals surface area contributed by atoms with Crippen molar-refractivity contribution < 1.29 is 14.8 Å². The van der Waals surface area contributed by atoms with E-state index in [9.17, 15) is 9.59 Å². The minimum absolute atomic E-state index is 0.0116. The summed E-state index contributed by atoms with van der Waals surface area (Å²) in [6, 6.07) is 0. The van der Waals surface area contributed by atoms with E-state index in [4.69, 9.17) is 11.0 Å². The molecular weight excluding hydrogens is 138 g/mol. The SMILES string of the molecule is NN(O)N1C(=O)CCC1=O. The molecule has 1 fully saturated rings. The molecule has 1 heterocycles. The van der Waals surface area contributed by atoms with Gasteiger partial charge in [0.25, 0.3) is 0 Å². The van der Waals surface area contributed by atoms with Gasteiger partial charge in [-0.3, -0.25) is 14.8 Å². The Bertz CT molecular complexity index is 163. The molecule has 0 aromatic rings. The number of hydrogen-bond acceptors (Lipinski definition) is 5. The fraction of sp³-hybridized carbons (Fsp3) is 0.500. The van der Waals surface area contributed by atoms with Crippen LogP contribution in [-0.4, -0.2) is 27.3 Å². The van der Waals surface area contributed by atoms with E-state index in [0.29, 0.717) is 5.01 Å². The molecule has 0 atom stereocenters. The van der Waals surface area contributed by atoms with Crippen LogP contribution in [0.2, 0.25) is 0 Å². The number of hydrogen-bond donors (Lipinski definition) is 2. The third-order valence-electron chi connectivity index (χ3n) is 1.23. The average Bonchev–Trinajstić information content (AvgIpc) is 2.11. The molecule has 6 nitrogen and oxygen atoms in total. The molecule has 0 aromatic carbocycles. The number of nitrogens with zero attached hydrogens (tertiary/aromatic N) is 2. The largest absolute Gasteiger partial charge is 0.280 e. The second kappa shape index (κ2) is 2.33. The molecule has 6 heteroatoms. The molecule has 0 unspecified atom stereocenters. The van der Waals surface area contributed by atoms with Crippen LogP contribution >= 0.6 is 0 Å². The zero-order valence-corrected chi connectivity index (χ0v) is 5.15. The van der Waals surface area contributed by atoms with E-state index in [1.165, 1.54) is 0 Å². The van der Waals surface area contributed by atoms with Crippen molar-refractivity contribution in [3.63, 3.8) is 0 Å². The fourth-order valence-electron chi connectivity index (χ4n) is 0.793. The number of imide groups is 1. The summed E-state index contributed by atoms with van der Waals surface area (Å²) >= 11 is 0. The number of amides is 2. The third kappa shape index (κ3) is 0.991. The fourth-order valence-corrected chi connectivity index (χ4v) is 0.793. The standard InChI is InChI=1S/C4H7N3O3/c5-7(10)6-3(8)1-2-4(6)9/h10H,1-2,5H2. The number of rotatable bonds is 1. The van der Waals surface area contributed by atoms with Crippen molar-refractivity contribution in [1.29, 1.82) is 0 Å². The summed E-state index contributed by atoms with van der Waals surface area (Å²) in [7, 11) is 0. The molecular formula is C4H7N3O3. The van der Waals surface area contributed by atoms with E-state index in [0.717, 1.165) is 0 Å². The van der Waals surface area contributed by atoms with Crippen molar-refractivity contribution in [2.24, 2.45) is 5.84 Å². The van der Waals surface area contributed by atoms with E-state index in [1.54, 1.807) is 0 Å². The van der Waals surface area contributed by atoms with E-state index in [2.05, 4.69) is 0 Å². The van der Waals surface area contributed by atoms with Crippen molar-refractivity contribution in [3.05, 3.63) is 0 Å². The average molecular weight is 145 g/mol. The molecule has 0 aliphatic carbocycles. The van der Waals surface area contributed by atoms with Gasteiger partial charge in [-0.2, -0.15) is 5.01 Å². The number of carbonyl (C=O) groups is 2. The Hall–Kier alpha value is -0.980. The number of hydrazine groups is 2. The quantitative estimate of drug-likeness (QED) is 0.269. The molecule has 0 bridgehead atoms. The van der Waals surface area contributed by atoms with Crippen LogP contribution in [0.5, 0.6) is 0 Å². The Morgan fingerprint density at radius 1 is 1.40 bits per heavy atom. The van der Waals surface area contributed by atoms with Crippen LogP contribution in [-0.2, 0) is 9.59 Å². The summed E-state index contributed by atoms with van der Waals surface area (Å²) in [5.41, 5.74) is 0. The molecule has 10 heavy (non-hydrogen) atoms. The zero-order chi connectivity index (χ0) is 7.72. The lowest BCUT2D eigenvalue weighted by Gasteiger charge is -2.17. The number of carbonyl (C=O) groups excluding carboxylic acids is 2. The predicted octanol–water partition coefficient (Wildman–Crippen LogP) is -1.38. The third-order valence-corrected chi connectivity index (χ3v) is 1.23. The Morgan fingerprint density at radius 3 is 2.00 bits per heavy atom. The predicted molar refractivity (Wildman–Crippen MR) is 28.9 cm³/mol. The molecule has 56 valence electrons. The smallest absolute Gasteiger partial charge is 0.247 e. The molecule has 0 saturated carbocycles. The molecule has 0 radical (unpaired) electrons. The highest BCUT2D eigenvalue weighted by Gasteiger charge is 2.32. The highest BCUT2D eigenvalue weighted by Crippen LogP contribution is 2.10. The van der Waals surface area contributed by atoms with Crippen LogP contribution in [0.3, 0.4) is 0 Å². The van der Waals surface area contributed by atoms with Gasteiger partial charge in [-0.25, -0.2) is 5.84 Å². The summed E-state index contributed by atoms with van der Waals surface area (Å²) in [6.45, 7) is 0. The Balaban J connectivity index is 2.72. The van der Waals surface area contributed by atoms with Crippen molar-refractivity contribution >= 4 is 11.8 Å². The van der Waals surface area contributed by atoms with Gasteiger partial charge in [0, 0.05) is 12.8 Å². The lowest BCUT2D eigenvalue weighted by molar-refractivity contribution is -0.233. The molecule has 1 saturated heterocycles. The van der Waals surface area contributed by atoms with Crippen molar-refractivity contribution in [3.8, 4) is 0 Å². The summed E-state index contributed by atoms with van der Waals surface area (Å²) in [5.74, 6) is 3.80. The van der Waals surface area contributed by atoms with E-state index >= 15 is 0 Å². The maximum atomic E-state index is 10.6. The summed E-state index contributed by atoms with van der Waals surface area (Å²) < 4.78 is 0. The zero-order valence-electron chi connectivity index (χ0n) is 5.15. The van der Waals surface area contributed by atoms with Crippen LogP contribution in [0.4, 0.5) is 0 Å². The van der Waals surface area contributed by atoms with Gasteiger partial charge in [-0.05, 0) is 5.28 Å². The first kappa shape index (κ1) is 7.13. The van der Waals surface area contributed by atoms with Crippen molar-refractivity contribution in [2.45, 2.75) is 12.8 Å². The van der Waals surface area contributed by atoms with Gasteiger partial charge in [0.05, 0.1) is 0 Å². The van der Waals surface area contributed by atoms with Gasteiger partial charge in [0.2, 0.25) is 11.8 Å². The Kier molecular flexibility index (Phi) is 1.66. The van der Waals surface area contributed by atoms with Crippen molar-refractivity contribution in [2.75, 3.05) is 0 Å². The molecule has 1 rings (SSSR count). The van der Waals surface area contributed by atoms with Gasteiger partial charge >= 0.3 is 0 Å². The highest BCUT2D eigenvalue weighted by molar-refractivity contribution is 6.01. The van der Waals surface area contributed by atoms with Crippen LogP contribution in [0.1, 0.15) is 12.8 Å². The van der Waals surface area contributed by atoms with Crippen LogP contribution in [0.15, 0.2) is 0 Å². The van der Waals surface area contributed by atoms with Gasteiger partial charge in [0.1, 0.15) is 0 Å². The van der Waals surface area contributed by atoms with Crippen LogP contribution in [0, 0.1) is 0 Å². The minimum atomic E-state index is -0.477. The number of nitrogens with two attached hydrogens (primary N) is 1. The second-order valence-electron chi connectivity index (χ2n) is 1.92. The van der Waals surface area contributed by atoms with Gasteiger partial charge < -0.3 is 0 Å². The molecule has 3 N–H and O–H groups in total. The first-order chi connectivity index (χ1) is 4.63. The normalized spacial score (nSPS) is 19.3. The maximum absolute atomic E-state index is 10.6. The minimum Gasteiger partial charge on any atom is -0.280 e. The molecule has 1 aliphatic heterocycles. The second-order valence-corrected chi connectivity index (χ2v) is 1.92. The maximum Gasteiger partial charge on any atom is 0.247 e. The van der Waals surface area contributed by atoms with Crippen LogP contribution < -0.4 is 5.84 Å². The van der Waals surface area contributed by atoms with Crippen molar-refractivity contribution in [1.82, 2.24) is 10.3 Å².